The van der Waals surface area contributed by atoms with Crippen LogP contribution < -0.4 is 9.47 Å². The summed E-state index contributed by atoms with van der Waals surface area (Å²) in [6.07, 6.45) is 8.24. The van der Waals surface area contributed by atoms with Gasteiger partial charge in [-0.2, -0.15) is 0 Å². The Morgan fingerprint density at radius 2 is 1.57 bits per heavy atom. The first-order valence-corrected chi connectivity index (χ1v) is 13.7. The van der Waals surface area contributed by atoms with Gasteiger partial charge in [-0.3, -0.25) is 9.59 Å². The molecule has 6 heteroatoms. The number of ketones is 2. The van der Waals surface area contributed by atoms with E-state index >= 15 is 0 Å². The molecule has 0 aromatic heterocycles. The summed E-state index contributed by atoms with van der Waals surface area (Å²) in [6, 6.07) is 4.01. The highest BCUT2D eigenvalue weighted by molar-refractivity contribution is 5.88. The second-order valence-electron chi connectivity index (χ2n) is 12.2. The lowest BCUT2D eigenvalue weighted by atomic mass is 9.45. The van der Waals surface area contributed by atoms with Crippen molar-refractivity contribution in [3.8, 4) is 11.5 Å². The molecule has 37 heavy (non-hydrogen) atoms. The second-order valence-corrected chi connectivity index (χ2v) is 12.2. The van der Waals surface area contributed by atoms with Crippen LogP contribution in [0.5, 0.6) is 11.5 Å². The molecule has 0 radical (unpaired) electrons. The SMILES string of the molecule is CCCCCCC(C)(C)c1cc(OCC(C)=O)c([C@H]2C=C(C(=O)O)[C@H]3CC2C3(C)C)c(OCC(C)=O)c1. The van der Waals surface area contributed by atoms with Crippen molar-refractivity contribution in [2.45, 2.75) is 98.3 Å². The zero-order chi connectivity index (χ0) is 27.5. The number of unbranched alkanes of at least 4 members (excludes halogenated alkanes) is 3. The summed E-state index contributed by atoms with van der Waals surface area (Å²) in [7, 11) is 0. The van der Waals surface area contributed by atoms with Gasteiger partial charge in [0.15, 0.2) is 11.6 Å². The Morgan fingerprint density at radius 1 is 1.00 bits per heavy atom. The van der Waals surface area contributed by atoms with Crippen molar-refractivity contribution in [3.63, 3.8) is 0 Å². The van der Waals surface area contributed by atoms with E-state index in [0.29, 0.717) is 17.1 Å². The first kappa shape index (κ1) is 28.9. The average molecular weight is 513 g/mol. The number of aliphatic carboxylic acids is 1. The third-order valence-corrected chi connectivity index (χ3v) is 8.49. The van der Waals surface area contributed by atoms with Crippen LogP contribution in [-0.4, -0.2) is 35.9 Å². The van der Waals surface area contributed by atoms with Gasteiger partial charge >= 0.3 is 5.97 Å². The van der Waals surface area contributed by atoms with Gasteiger partial charge < -0.3 is 14.6 Å². The number of carboxylic acids is 1. The number of hydrogen-bond donors (Lipinski definition) is 1. The highest BCUT2D eigenvalue weighted by atomic mass is 16.5. The highest BCUT2D eigenvalue weighted by Gasteiger charge is 2.57. The molecule has 2 bridgehead atoms. The van der Waals surface area contributed by atoms with Crippen molar-refractivity contribution in [1.29, 1.82) is 0 Å². The van der Waals surface area contributed by atoms with E-state index in [2.05, 4.69) is 34.6 Å². The Bertz CT molecular complexity index is 1020. The molecule has 1 aromatic rings. The number of fused-ring (bicyclic) bond motifs is 1. The number of carboxylic acid groups (broad SMARTS) is 1. The molecule has 0 aliphatic heterocycles. The number of carbonyl (C=O) groups is 3. The Morgan fingerprint density at radius 3 is 2.03 bits per heavy atom. The van der Waals surface area contributed by atoms with Gasteiger partial charge in [-0.25, -0.2) is 4.79 Å². The maximum atomic E-state index is 12.2. The fourth-order valence-electron chi connectivity index (χ4n) is 6.08. The molecule has 1 unspecified atom stereocenters. The van der Waals surface area contributed by atoms with Crippen LogP contribution in [0.2, 0.25) is 0 Å². The first-order chi connectivity index (χ1) is 17.3. The van der Waals surface area contributed by atoms with Crippen LogP contribution in [-0.2, 0) is 19.8 Å². The second kappa shape index (κ2) is 11.4. The van der Waals surface area contributed by atoms with E-state index in [1.54, 1.807) is 0 Å². The van der Waals surface area contributed by atoms with Crippen LogP contribution in [0.4, 0.5) is 0 Å². The standard InChI is InChI=1S/C31H44O6/c1-8-9-10-11-12-30(4,5)21-13-26(36-17-19(2)32)28(27(14-21)37-18-20(3)33)22-15-23(29(34)35)25-16-24(22)31(25,6)7/h13-15,22,24-25H,8-12,16-18H2,1-7H3,(H,34,35)/t22-,24?,25+/m0/s1. The normalized spacial score (nSPS) is 22.0. The van der Waals surface area contributed by atoms with Crippen LogP contribution >= 0.6 is 0 Å². The molecule has 0 amide bonds. The Kier molecular flexibility index (Phi) is 8.92. The van der Waals surface area contributed by atoms with E-state index in [1.165, 1.54) is 33.1 Å². The van der Waals surface area contributed by atoms with Gasteiger partial charge in [0.1, 0.15) is 24.7 Å². The lowest BCUT2D eigenvalue weighted by Crippen LogP contribution is -2.52. The summed E-state index contributed by atoms with van der Waals surface area (Å²) < 4.78 is 12.2. The topological polar surface area (TPSA) is 89.9 Å². The molecular weight excluding hydrogens is 468 g/mol. The molecule has 1 saturated carbocycles. The van der Waals surface area contributed by atoms with E-state index in [-0.39, 0.29) is 53.4 Å². The number of carbonyl (C=O) groups excluding carboxylic acids is 2. The van der Waals surface area contributed by atoms with E-state index < -0.39 is 5.97 Å². The van der Waals surface area contributed by atoms with E-state index in [4.69, 9.17) is 9.47 Å². The third kappa shape index (κ3) is 6.27. The number of allylic oxidation sites excluding steroid dienone is 1. The van der Waals surface area contributed by atoms with Crippen molar-refractivity contribution in [2.75, 3.05) is 13.2 Å². The fourth-order valence-corrected chi connectivity index (χ4v) is 6.08. The van der Waals surface area contributed by atoms with Crippen LogP contribution in [0.3, 0.4) is 0 Å². The summed E-state index contributed by atoms with van der Waals surface area (Å²) in [5.74, 6) is -0.0597. The van der Waals surface area contributed by atoms with Crippen molar-refractivity contribution in [3.05, 3.63) is 34.9 Å². The summed E-state index contributed by atoms with van der Waals surface area (Å²) in [6.45, 7) is 13.6. The van der Waals surface area contributed by atoms with Gasteiger partial charge in [0.05, 0.1) is 0 Å². The molecule has 1 fully saturated rings. The minimum atomic E-state index is -0.900. The number of rotatable bonds is 14. The molecule has 6 nitrogen and oxygen atoms in total. The van der Waals surface area contributed by atoms with E-state index in [1.807, 2.05) is 18.2 Å². The van der Waals surface area contributed by atoms with Gasteiger partial charge in [0.25, 0.3) is 0 Å². The molecule has 1 aromatic carbocycles. The number of ether oxygens (including phenoxy) is 2. The zero-order valence-electron chi connectivity index (χ0n) is 23.6. The number of benzene rings is 1. The summed E-state index contributed by atoms with van der Waals surface area (Å²) >= 11 is 0. The lowest BCUT2D eigenvalue weighted by Gasteiger charge is -2.58. The van der Waals surface area contributed by atoms with Crippen LogP contribution in [0, 0.1) is 17.3 Å². The smallest absolute Gasteiger partial charge is 0.331 e. The fraction of sp³-hybridized carbons (Fsp3) is 0.645. The minimum absolute atomic E-state index is 0.00996. The van der Waals surface area contributed by atoms with Gasteiger partial charge in [-0.05, 0) is 67.1 Å². The molecule has 0 heterocycles. The molecule has 3 aliphatic carbocycles. The average Bonchev–Trinajstić information content (AvgIpc) is 2.82. The molecule has 1 N–H and O–H groups in total. The van der Waals surface area contributed by atoms with Crippen molar-refractivity contribution in [2.24, 2.45) is 17.3 Å². The molecule has 0 saturated heterocycles. The Balaban J connectivity index is 2.15. The largest absolute Gasteiger partial charge is 0.485 e. The summed E-state index contributed by atoms with van der Waals surface area (Å²) in [5.41, 5.74) is 1.81. The number of hydrogen-bond acceptors (Lipinski definition) is 5. The van der Waals surface area contributed by atoms with Gasteiger partial charge in [0, 0.05) is 17.1 Å². The summed E-state index contributed by atoms with van der Waals surface area (Å²) in [4.78, 5) is 36.0. The van der Waals surface area contributed by atoms with Gasteiger partial charge in [0.2, 0.25) is 0 Å². The highest BCUT2D eigenvalue weighted by Crippen LogP contribution is 2.65. The van der Waals surface area contributed by atoms with Crippen molar-refractivity contribution >= 4 is 17.5 Å². The first-order valence-electron chi connectivity index (χ1n) is 13.7. The van der Waals surface area contributed by atoms with Crippen molar-refractivity contribution in [1.82, 2.24) is 0 Å². The third-order valence-electron chi connectivity index (χ3n) is 8.49. The maximum Gasteiger partial charge on any atom is 0.331 e. The molecule has 3 aliphatic rings. The van der Waals surface area contributed by atoms with E-state index in [0.717, 1.165) is 30.4 Å². The van der Waals surface area contributed by atoms with Gasteiger partial charge in [-0.1, -0.05) is 66.4 Å². The Labute approximate surface area is 221 Å². The summed E-state index contributed by atoms with van der Waals surface area (Å²) in [5, 5.41) is 9.97. The predicted molar refractivity (Wildman–Crippen MR) is 144 cm³/mol. The molecule has 3 atom stereocenters. The van der Waals surface area contributed by atoms with Gasteiger partial charge in [-0.15, -0.1) is 0 Å². The minimum Gasteiger partial charge on any atom is -0.485 e. The quantitative estimate of drug-likeness (QED) is 0.281. The van der Waals surface area contributed by atoms with E-state index in [9.17, 15) is 19.5 Å². The Hall–Kier alpha value is -2.63. The van der Waals surface area contributed by atoms with Crippen molar-refractivity contribution < 1.29 is 29.0 Å². The molecular formula is C31H44O6. The molecule has 4 rings (SSSR count). The molecule has 0 spiro atoms. The predicted octanol–water partition coefficient (Wildman–Crippen LogP) is 6.64. The maximum absolute atomic E-state index is 12.2. The lowest BCUT2D eigenvalue weighted by molar-refractivity contribution is -0.137. The molecule has 204 valence electrons. The number of Topliss-reactive ketones (excluding diaryl/α,β-unsaturated/α-hetero) is 2. The van der Waals surface area contributed by atoms with Crippen LogP contribution in [0.25, 0.3) is 0 Å². The van der Waals surface area contributed by atoms with Crippen LogP contribution in [0.1, 0.15) is 104 Å². The van der Waals surface area contributed by atoms with Crippen LogP contribution in [0.15, 0.2) is 23.8 Å². The zero-order valence-corrected chi connectivity index (χ0v) is 23.6. The monoisotopic (exact) mass is 512 g/mol.